The quantitative estimate of drug-likeness (QED) is 0.712. The van der Waals surface area contributed by atoms with Crippen LogP contribution in [0.25, 0.3) is 5.13 Å². The van der Waals surface area contributed by atoms with Crippen LogP contribution in [0, 0.1) is 11.3 Å². The Morgan fingerprint density at radius 3 is 3.00 bits per heavy atom. The summed E-state index contributed by atoms with van der Waals surface area (Å²) in [5.74, 6) is 0.117. The van der Waals surface area contributed by atoms with E-state index in [1.165, 1.54) is 22.3 Å². The Kier molecular flexibility index (Phi) is 1.96. The first-order valence-electron chi connectivity index (χ1n) is 3.23. The van der Waals surface area contributed by atoms with Crippen LogP contribution in [0.4, 0.5) is 0 Å². The van der Waals surface area contributed by atoms with Gasteiger partial charge in [0.25, 0.3) is 5.82 Å². The van der Waals surface area contributed by atoms with Gasteiger partial charge in [-0.3, -0.25) is 0 Å². The second-order valence-electron chi connectivity index (χ2n) is 2.08. The van der Waals surface area contributed by atoms with Crippen LogP contribution in [0.5, 0.6) is 0 Å². The topological polar surface area (TPSA) is 67.4 Å². The van der Waals surface area contributed by atoms with E-state index in [1.54, 1.807) is 5.38 Å². The summed E-state index contributed by atoms with van der Waals surface area (Å²) in [7, 11) is 0. The molecule has 0 N–H and O–H groups in total. The average Bonchev–Trinajstić information content (AvgIpc) is 2.71. The van der Waals surface area contributed by atoms with Crippen molar-refractivity contribution in [2.75, 3.05) is 0 Å². The van der Waals surface area contributed by atoms with Crippen LogP contribution >= 0.6 is 22.9 Å². The molecule has 2 rings (SSSR count). The Morgan fingerprint density at radius 2 is 2.46 bits per heavy atom. The van der Waals surface area contributed by atoms with Crippen LogP contribution in [0.3, 0.4) is 0 Å². The van der Waals surface area contributed by atoms with Gasteiger partial charge in [0.05, 0.1) is 0 Å². The molecule has 0 aliphatic carbocycles. The minimum Gasteiger partial charge on any atom is -0.206 e. The highest BCUT2D eigenvalue weighted by Gasteiger charge is 2.05. The van der Waals surface area contributed by atoms with Crippen molar-refractivity contribution in [3.05, 3.63) is 22.7 Å². The summed E-state index contributed by atoms with van der Waals surface area (Å²) in [6.45, 7) is 0. The fourth-order valence-electron chi connectivity index (χ4n) is 0.757. The minimum absolute atomic E-state index is 0.117. The first-order valence-corrected chi connectivity index (χ1v) is 4.48. The monoisotopic (exact) mass is 211 g/mol. The average molecular weight is 212 g/mol. The fraction of sp³-hybridized carbons (Fsp3) is 0. The molecule has 64 valence electrons. The van der Waals surface area contributed by atoms with Gasteiger partial charge in [-0.25, -0.2) is 9.97 Å². The molecule has 2 heterocycles. The molecule has 5 nitrogen and oxygen atoms in total. The van der Waals surface area contributed by atoms with E-state index < -0.39 is 0 Å². The van der Waals surface area contributed by atoms with Crippen molar-refractivity contribution in [2.45, 2.75) is 0 Å². The van der Waals surface area contributed by atoms with E-state index in [0.717, 1.165) is 0 Å². The zero-order valence-electron chi connectivity index (χ0n) is 6.18. The van der Waals surface area contributed by atoms with Crippen LogP contribution in [-0.2, 0) is 0 Å². The maximum Gasteiger partial charge on any atom is 0.252 e. The number of nitriles is 1. The Morgan fingerprint density at radius 1 is 1.62 bits per heavy atom. The summed E-state index contributed by atoms with van der Waals surface area (Å²) in [6, 6.07) is 1.82. The zero-order chi connectivity index (χ0) is 9.26. The molecule has 0 aliphatic heterocycles. The Labute approximate surface area is 82.2 Å². The third kappa shape index (κ3) is 1.52. The largest absolute Gasteiger partial charge is 0.252 e. The second kappa shape index (κ2) is 3.12. The van der Waals surface area contributed by atoms with Crippen LogP contribution in [0.1, 0.15) is 5.82 Å². The van der Waals surface area contributed by atoms with E-state index in [-0.39, 0.29) is 5.82 Å². The van der Waals surface area contributed by atoms with Gasteiger partial charge in [-0.1, -0.05) is 11.6 Å². The molecule has 7 heteroatoms. The molecule has 0 amide bonds. The van der Waals surface area contributed by atoms with Gasteiger partial charge < -0.3 is 0 Å². The summed E-state index contributed by atoms with van der Waals surface area (Å²) in [5.41, 5.74) is 0. The van der Waals surface area contributed by atoms with Gasteiger partial charge in [-0.15, -0.1) is 16.4 Å². The number of hydrogen-bond acceptors (Lipinski definition) is 5. The minimum atomic E-state index is 0.117. The van der Waals surface area contributed by atoms with E-state index in [0.29, 0.717) is 10.3 Å². The van der Waals surface area contributed by atoms with E-state index >= 15 is 0 Å². The molecule has 0 saturated carbocycles. The number of hydrogen-bond donors (Lipinski definition) is 0. The standard InChI is InChI=1S/C6H2ClN5S/c7-4-2-13-6(10-4)12-3-9-5(1-8)11-12/h2-3H. The highest BCUT2D eigenvalue weighted by atomic mass is 35.5. The molecule has 13 heavy (non-hydrogen) atoms. The molecule has 2 aromatic rings. The number of nitrogens with zero attached hydrogens (tertiary/aromatic N) is 5. The van der Waals surface area contributed by atoms with Crippen molar-refractivity contribution < 1.29 is 0 Å². The van der Waals surface area contributed by atoms with Crippen LogP contribution in [-0.4, -0.2) is 19.7 Å². The Hall–Kier alpha value is -1.45. The van der Waals surface area contributed by atoms with Crippen molar-refractivity contribution in [3.63, 3.8) is 0 Å². The highest BCUT2D eigenvalue weighted by molar-refractivity contribution is 7.12. The molecular weight excluding hydrogens is 210 g/mol. The van der Waals surface area contributed by atoms with Gasteiger partial charge in [-0.2, -0.15) is 9.94 Å². The SMILES string of the molecule is N#Cc1ncn(-c2nc(Cl)cs2)n1. The molecule has 0 unspecified atom stereocenters. The lowest BCUT2D eigenvalue weighted by atomic mass is 10.7. The number of rotatable bonds is 1. The van der Waals surface area contributed by atoms with E-state index in [1.807, 2.05) is 6.07 Å². The lowest BCUT2D eigenvalue weighted by Crippen LogP contribution is -1.93. The zero-order valence-corrected chi connectivity index (χ0v) is 7.75. The van der Waals surface area contributed by atoms with Crippen LogP contribution < -0.4 is 0 Å². The fourth-order valence-corrected chi connectivity index (χ4v) is 1.62. The highest BCUT2D eigenvalue weighted by Crippen LogP contribution is 2.16. The molecule has 0 bridgehead atoms. The van der Waals surface area contributed by atoms with Crippen molar-refractivity contribution >= 4 is 22.9 Å². The normalized spacial score (nSPS) is 9.85. The third-order valence-electron chi connectivity index (χ3n) is 1.25. The van der Waals surface area contributed by atoms with Crippen LogP contribution in [0.15, 0.2) is 11.7 Å². The lowest BCUT2D eigenvalue weighted by molar-refractivity contribution is 0.862. The van der Waals surface area contributed by atoms with Gasteiger partial charge in [0.15, 0.2) is 0 Å². The molecule has 0 aromatic carbocycles. The molecule has 0 radical (unpaired) electrons. The number of halogens is 1. The van der Waals surface area contributed by atoms with Gasteiger partial charge in [-0.05, 0) is 0 Å². The predicted octanol–water partition coefficient (Wildman–Crippen LogP) is 1.25. The molecule has 0 saturated heterocycles. The first-order chi connectivity index (χ1) is 6.29. The second-order valence-corrected chi connectivity index (χ2v) is 3.30. The maximum absolute atomic E-state index is 8.47. The third-order valence-corrected chi connectivity index (χ3v) is 2.41. The molecule has 0 spiro atoms. The van der Waals surface area contributed by atoms with Crippen LogP contribution in [0.2, 0.25) is 5.15 Å². The predicted molar refractivity (Wildman–Crippen MR) is 46.8 cm³/mol. The summed E-state index contributed by atoms with van der Waals surface area (Å²) < 4.78 is 1.41. The summed E-state index contributed by atoms with van der Waals surface area (Å²) in [6.07, 6.45) is 1.42. The smallest absolute Gasteiger partial charge is 0.206 e. The van der Waals surface area contributed by atoms with Gasteiger partial charge in [0, 0.05) is 5.38 Å². The van der Waals surface area contributed by atoms with Gasteiger partial charge in [0.1, 0.15) is 17.5 Å². The van der Waals surface area contributed by atoms with Crippen molar-refractivity contribution in [3.8, 4) is 11.2 Å². The molecule has 0 atom stereocenters. The van der Waals surface area contributed by atoms with Gasteiger partial charge >= 0.3 is 0 Å². The summed E-state index contributed by atoms with van der Waals surface area (Å²) in [4.78, 5) is 7.70. The molecule has 2 aromatic heterocycles. The van der Waals surface area contributed by atoms with Gasteiger partial charge in [0.2, 0.25) is 5.13 Å². The van der Waals surface area contributed by atoms with Crippen molar-refractivity contribution in [1.82, 2.24) is 19.7 Å². The van der Waals surface area contributed by atoms with E-state index in [9.17, 15) is 0 Å². The lowest BCUT2D eigenvalue weighted by Gasteiger charge is -1.88. The Bertz CT molecular complexity index is 467. The summed E-state index contributed by atoms with van der Waals surface area (Å²) >= 11 is 6.96. The van der Waals surface area contributed by atoms with E-state index in [4.69, 9.17) is 16.9 Å². The van der Waals surface area contributed by atoms with E-state index in [2.05, 4.69) is 15.1 Å². The molecule has 0 aliphatic rings. The number of aromatic nitrogens is 4. The van der Waals surface area contributed by atoms with Crippen molar-refractivity contribution in [2.24, 2.45) is 0 Å². The Balaban J connectivity index is 2.42. The maximum atomic E-state index is 8.47. The number of thiazole rings is 1. The molecular formula is C6H2ClN5S. The summed E-state index contributed by atoms with van der Waals surface area (Å²) in [5, 5.41) is 15.0. The molecule has 0 fully saturated rings. The van der Waals surface area contributed by atoms with Crippen molar-refractivity contribution in [1.29, 1.82) is 5.26 Å². The first kappa shape index (κ1) is 8.16.